The molecule has 4 aromatic rings. The molecule has 1 amide bonds. The van der Waals surface area contributed by atoms with Crippen molar-refractivity contribution in [3.8, 4) is 6.07 Å². The number of benzene rings is 2. The maximum Gasteiger partial charge on any atom is 0.250 e. The molecule has 0 aliphatic carbocycles. The van der Waals surface area contributed by atoms with Crippen LogP contribution in [0.5, 0.6) is 0 Å². The van der Waals surface area contributed by atoms with Crippen LogP contribution in [0.25, 0.3) is 10.9 Å². The normalized spacial score (nSPS) is 11.6. The molecule has 0 unspecified atom stereocenters. The van der Waals surface area contributed by atoms with Crippen molar-refractivity contribution in [2.75, 3.05) is 5.32 Å². The van der Waals surface area contributed by atoms with E-state index in [0.29, 0.717) is 28.9 Å². The van der Waals surface area contributed by atoms with E-state index in [1.165, 1.54) is 6.33 Å². The van der Waals surface area contributed by atoms with Crippen LogP contribution in [0.4, 0.5) is 5.82 Å². The number of nitrogens with zero attached hydrogens (tertiary/aromatic N) is 4. The third kappa shape index (κ3) is 4.33. The zero-order chi connectivity index (χ0) is 21.8. The Balaban J connectivity index is 1.59. The van der Waals surface area contributed by atoms with Gasteiger partial charge >= 0.3 is 0 Å². The van der Waals surface area contributed by atoms with Crippen molar-refractivity contribution in [3.63, 3.8) is 0 Å². The first-order valence-electron chi connectivity index (χ1n) is 9.79. The first-order valence-corrected chi connectivity index (χ1v) is 9.79. The van der Waals surface area contributed by atoms with Gasteiger partial charge in [-0.1, -0.05) is 30.3 Å². The van der Waals surface area contributed by atoms with E-state index in [1.807, 2.05) is 31.2 Å². The van der Waals surface area contributed by atoms with Crippen LogP contribution in [0.15, 0.2) is 67.1 Å². The number of pyridine rings is 1. The third-order valence-electron chi connectivity index (χ3n) is 5.07. The molecule has 31 heavy (non-hydrogen) atoms. The molecule has 0 aliphatic rings. The molecular formula is C24H20N6O. The van der Waals surface area contributed by atoms with E-state index in [4.69, 9.17) is 11.0 Å². The summed E-state index contributed by atoms with van der Waals surface area (Å²) < 4.78 is 0. The zero-order valence-electron chi connectivity index (χ0n) is 16.9. The SMILES string of the molecule is C[C@@H](Nc1ncnc2c(C(N)=O)cccc12)c1cccc(Cc2cc(C#N)ccn2)c1. The number of fused-ring (bicyclic) bond motifs is 1. The summed E-state index contributed by atoms with van der Waals surface area (Å²) >= 11 is 0. The van der Waals surface area contributed by atoms with Gasteiger partial charge in [0, 0.05) is 29.7 Å². The Hall–Kier alpha value is -4.31. The molecule has 2 heterocycles. The lowest BCUT2D eigenvalue weighted by Gasteiger charge is -2.17. The summed E-state index contributed by atoms with van der Waals surface area (Å²) in [4.78, 5) is 24.7. The number of nitrogens with two attached hydrogens (primary N) is 1. The summed E-state index contributed by atoms with van der Waals surface area (Å²) in [6.07, 6.45) is 3.71. The minimum absolute atomic E-state index is 0.0475. The van der Waals surface area contributed by atoms with Crippen LogP contribution in [0.1, 0.15) is 45.7 Å². The lowest BCUT2D eigenvalue weighted by Crippen LogP contribution is -2.13. The van der Waals surface area contributed by atoms with Crippen LogP contribution in [0.2, 0.25) is 0 Å². The van der Waals surface area contributed by atoms with Crippen molar-refractivity contribution >= 4 is 22.6 Å². The van der Waals surface area contributed by atoms with E-state index in [9.17, 15) is 4.79 Å². The molecule has 2 aromatic heterocycles. The molecule has 1 atom stereocenters. The van der Waals surface area contributed by atoms with Crippen molar-refractivity contribution in [2.24, 2.45) is 5.73 Å². The van der Waals surface area contributed by atoms with Crippen LogP contribution in [0.3, 0.4) is 0 Å². The van der Waals surface area contributed by atoms with Gasteiger partial charge in [-0.15, -0.1) is 0 Å². The van der Waals surface area contributed by atoms with Gasteiger partial charge in [0.15, 0.2) is 0 Å². The molecule has 0 bridgehead atoms. The fourth-order valence-electron chi connectivity index (χ4n) is 3.52. The van der Waals surface area contributed by atoms with Gasteiger partial charge in [-0.05, 0) is 42.3 Å². The second kappa shape index (κ2) is 8.59. The van der Waals surface area contributed by atoms with E-state index in [0.717, 1.165) is 22.2 Å². The zero-order valence-corrected chi connectivity index (χ0v) is 16.9. The minimum atomic E-state index is -0.523. The Labute approximate surface area is 179 Å². The Morgan fingerprint density at radius 3 is 2.77 bits per heavy atom. The number of nitrogens with one attached hydrogen (secondary N) is 1. The molecule has 7 nitrogen and oxygen atoms in total. The number of carbonyl (C=O) groups is 1. The summed E-state index contributed by atoms with van der Waals surface area (Å²) in [7, 11) is 0. The predicted octanol–water partition coefficient (Wildman–Crippen LogP) is 3.76. The van der Waals surface area contributed by atoms with Crippen LogP contribution in [-0.2, 0) is 6.42 Å². The molecule has 7 heteroatoms. The van der Waals surface area contributed by atoms with Gasteiger partial charge in [-0.2, -0.15) is 5.26 Å². The topological polar surface area (TPSA) is 118 Å². The van der Waals surface area contributed by atoms with E-state index < -0.39 is 5.91 Å². The van der Waals surface area contributed by atoms with E-state index in [-0.39, 0.29) is 6.04 Å². The summed E-state index contributed by atoms with van der Waals surface area (Å²) in [6.45, 7) is 2.04. The Kier molecular flexibility index (Phi) is 5.54. The van der Waals surface area contributed by atoms with Crippen LogP contribution < -0.4 is 11.1 Å². The van der Waals surface area contributed by atoms with Gasteiger partial charge in [-0.3, -0.25) is 9.78 Å². The first-order chi connectivity index (χ1) is 15.0. The van der Waals surface area contributed by atoms with Gasteiger partial charge in [0.2, 0.25) is 0 Å². The van der Waals surface area contributed by atoms with Gasteiger partial charge in [-0.25, -0.2) is 9.97 Å². The summed E-state index contributed by atoms with van der Waals surface area (Å²) in [6, 6.07) is 19.1. The molecule has 0 saturated carbocycles. The number of amides is 1. The number of nitriles is 1. The lowest BCUT2D eigenvalue weighted by molar-refractivity contribution is 0.100. The molecule has 0 fully saturated rings. The maximum absolute atomic E-state index is 11.7. The van der Waals surface area contributed by atoms with Gasteiger partial charge in [0.05, 0.1) is 22.7 Å². The van der Waals surface area contributed by atoms with Crippen molar-refractivity contribution in [2.45, 2.75) is 19.4 Å². The Morgan fingerprint density at radius 2 is 1.97 bits per heavy atom. The fourth-order valence-corrected chi connectivity index (χ4v) is 3.52. The second-order valence-corrected chi connectivity index (χ2v) is 7.22. The molecule has 4 rings (SSSR count). The standard InChI is InChI=1S/C24H20N6O/c1-15(30-24-21-7-3-6-20(23(26)31)22(21)28-14-29-24)18-5-2-4-16(10-18)11-19-12-17(13-25)8-9-27-19/h2-10,12,14-15H,11H2,1H3,(H2,26,31)(H,28,29,30)/t15-/m1/s1. The predicted molar refractivity (Wildman–Crippen MR) is 118 cm³/mol. The molecule has 0 spiro atoms. The Morgan fingerprint density at radius 1 is 1.13 bits per heavy atom. The summed E-state index contributed by atoms with van der Waals surface area (Å²) in [5.74, 6) is 0.111. The largest absolute Gasteiger partial charge is 0.366 e. The smallest absolute Gasteiger partial charge is 0.250 e. The van der Waals surface area contributed by atoms with Crippen molar-refractivity contribution in [1.82, 2.24) is 15.0 Å². The molecule has 152 valence electrons. The molecule has 0 aliphatic heterocycles. The van der Waals surface area contributed by atoms with Crippen molar-refractivity contribution < 1.29 is 4.79 Å². The first kappa shape index (κ1) is 20.0. The number of primary amides is 1. The molecule has 0 radical (unpaired) electrons. The maximum atomic E-state index is 11.7. The number of carbonyl (C=O) groups excluding carboxylic acids is 1. The Bertz CT molecular complexity index is 1310. The molecule has 2 aromatic carbocycles. The minimum Gasteiger partial charge on any atom is -0.366 e. The van der Waals surface area contributed by atoms with Gasteiger partial charge in [0.1, 0.15) is 12.1 Å². The number of hydrogen-bond acceptors (Lipinski definition) is 6. The average molecular weight is 408 g/mol. The fraction of sp³-hybridized carbons (Fsp3) is 0.125. The lowest BCUT2D eigenvalue weighted by atomic mass is 10.0. The van der Waals surface area contributed by atoms with Crippen molar-refractivity contribution in [1.29, 1.82) is 5.26 Å². The highest BCUT2D eigenvalue weighted by Gasteiger charge is 2.14. The van der Waals surface area contributed by atoms with Gasteiger partial charge in [0.25, 0.3) is 5.91 Å². The molecule has 3 N–H and O–H groups in total. The van der Waals surface area contributed by atoms with E-state index in [1.54, 1.807) is 30.5 Å². The second-order valence-electron chi connectivity index (χ2n) is 7.22. The number of hydrogen-bond donors (Lipinski definition) is 2. The van der Waals surface area contributed by atoms with E-state index >= 15 is 0 Å². The quantitative estimate of drug-likeness (QED) is 0.502. The summed E-state index contributed by atoms with van der Waals surface area (Å²) in [5, 5.41) is 13.2. The summed E-state index contributed by atoms with van der Waals surface area (Å²) in [5.41, 5.74) is 9.98. The van der Waals surface area contributed by atoms with Crippen LogP contribution >= 0.6 is 0 Å². The highest BCUT2D eigenvalue weighted by Crippen LogP contribution is 2.26. The number of anilines is 1. The average Bonchev–Trinajstić information content (AvgIpc) is 2.79. The van der Waals surface area contributed by atoms with Crippen LogP contribution in [-0.4, -0.2) is 20.9 Å². The van der Waals surface area contributed by atoms with Crippen molar-refractivity contribution in [3.05, 3.63) is 95.1 Å². The molecular weight excluding hydrogens is 388 g/mol. The van der Waals surface area contributed by atoms with Crippen LogP contribution in [0, 0.1) is 11.3 Å². The highest BCUT2D eigenvalue weighted by molar-refractivity contribution is 6.06. The number of aromatic nitrogens is 3. The monoisotopic (exact) mass is 408 g/mol. The molecule has 0 saturated heterocycles. The van der Waals surface area contributed by atoms with E-state index in [2.05, 4.69) is 32.4 Å². The number of rotatable bonds is 6. The highest BCUT2D eigenvalue weighted by atomic mass is 16.1. The third-order valence-corrected chi connectivity index (χ3v) is 5.07. The number of para-hydroxylation sites is 1. The van der Waals surface area contributed by atoms with Gasteiger partial charge < -0.3 is 11.1 Å².